The molecule has 0 aliphatic carbocycles. The molecule has 2 atom stereocenters. The highest BCUT2D eigenvalue weighted by molar-refractivity contribution is 7.99. The molecule has 0 bridgehead atoms. The molecule has 45 heavy (non-hydrogen) atoms. The van der Waals surface area contributed by atoms with Crippen LogP contribution in [0, 0.1) is 11.7 Å². The van der Waals surface area contributed by atoms with Crippen molar-refractivity contribution in [1.82, 2.24) is 20.6 Å². The molecule has 3 aromatic rings. The lowest BCUT2D eigenvalue weighted by Gasteiger charge is -2.25. The van der Waals surface area contributed by atoms with Gasteiger partial charge >= 0.3 is 5.97 Å². The molecule has 0 aliphatic rings. The molecule has 0 unspecified atom stereocenters. The number of benzene rings is 2. The molecule has 3 rings (SSSR count). The van der Waals surface area contributed by atoms with Crippen LogP contribution in [-0.2, 0) is 37.8 Å². The number of hydrogen-bond acceptors (Lipinski definition) is 8. The van der Waals surface area contributed by atoms with E-state index in [9.17, 15) is 28.7 Å². The Morgan fingerprint density at radius 1 is 1.07 bits per heavy atom. The number of nitrogens with zero attached hydrogens (tertiary/aromatic N) is 2. The van der Waals surface area contributed by atoms with Gasteiger partial charge in [0.2, 0.25) is 11.8 Å². The number of ketones is 1. The molecule has 0 fully saturated rings. The van der Waals surface area contributed by atoms with Crippen LogP contribution in [0.1, 0.15) is 49.7 Å². The summed E-state index contributed by atoms with van der Waals surface area (Å²) in [5.41, 5.74) is 1.71. The maximum Gasteiger partial charge on any atom is 0.305 e. The van der Waals surface area contributed by atoms with Gasteiger partial charge in [-0.05, 0) is 42.7 Å². The molecule has 1 heterocycles. The quantitative estimate of drug-likeness (QED) is 0.192. The molecule has 0 spiro atoms. The van der Waals surface area contributed by atoms with Crippen molar-refractivity contribution < 1.29 is 33.4 Å². The second kappa shape index (κ2) is 17.5. The van der Waals surface area contributed by atoms with E-state index in [4.69, 9.17) is 16.3 Å². The standard InChI is InChI=1S/C32H36ClFN4O6S/c1-4-44-27-10-9-20(14-28-35-11-6-12-36-28)13-21(27)15-29(40)38-31(19(2)3)32(43)37-25(16-30(41)42)26(39)18-45-17-22-23(33)7-5-8-24(22)34/h5-13,19,25,31H,4,14-18H2,1-3H3,(H,37,43)(H,38,40)(H,41,42)/t25-,31-/m0/s1. The number of ether oxygens (including phenoxy) is 1. The molecule has 10 nitrogen and oxygen atoms in total. The van der Waals surface area contributed by atoms with Gasteiger partial charge in [-0.3, -0.25) is 19.2 Å². The Bertz CT molecular complexity index is 1470. The van der Waals surface area contributed by atoms with Crippen LogP contribution in [0.5, 0.6) is 5.75 Å². The summed E-state index contributed by atoms with van der Waals surface area (Å²) in [6.07, 6.45) is 3.00. The predicted octanol–water partition coefficient (Wildman–Crippen LogP) is 4.40. The number of amides is 2. The Labute approximate surface area is 270 Å². The van der Waals surface area contributed by atoms with Crippen molar-refractivity contribution in [3.8, 4) is 5.75 Å². The number of halogens is 2. The number of thioether (sulfide) groups is 1. The minimum absolute atomic E-state index is 0.0823. The average molecular weight is 659 g/mol. The summed E-state index contributed by atoms with van der Waals surface area (Å²) in [7, 11) is 0. The number of Topliss-reactive ketones (excluding diaryl/α,β-unsaturated/α-hetero) is 1. The van der Waals surface area contributed by atoms with E-state index in [1.54, 1.807) is 38.4 Å². The molecular weight excluding hydrogens is 623 g/mol. The van der Waals surface area contributed by atoms with Gasteiger partial charge in [0.1, 0.15) is 23.4 Å². The summed E-state index contributed by atoms with van der Waals surface area (Å²) in [4.78, 5) is 59.5. The number of carbonyl (C=O) groups excluding carboxylic acids is 3. The fourth-order valence-electron chi connectivity index (χ4n) is 4.42. The van der Waals surface area contributed by atoms with E-state index >= 15 is 0 Å². The third-order valence-corrected chi connectivity index (χ3v) is 7.99. The molecular formula is C32H36ClFN4O6S. The lowest BCUT2D eigenvalue weighted by atomic mass is 10.0. The second-order valence-electron chi connectivity index (χ2n) is 10.5. The minimum atomic E-state index is -1.35. The zero-order valence-electron chi connectivity index (χ0n) is 25.2. The average Bonchev–Trinajstić information content (AvgIpc) is 2.98. The van der Waals surface area contributed by atoms with Crippen LogP contribution in [0.15, 0.2) is 54.9 Å². The van der Waals surface area contributed by atoms with Crippen LogP contribution >= 0.6 is 23.4 Å². The lowest BCUT2D eigenvalue weighted by Crippen LogP contribution is -2.54. The minimum Gasteiger partial charge on any atom is -0.494 e. The second-order valence-corrected chi connectivity index (χ2v) is 11.9. The summed E-state index contributed by atoms with van der Waals surface area (Å²) in [6, 6.07) is 9.06. The zero-order chi connectivity index (χ0) is 32.9. The van der Waals surface area contributed by atoms with E-state index in [0.29, 0.717) is 30.2 Å². The van der Waals surface area contributed by atoms with Crippen molar-refractivity contribution in [1.29, 1.82) is 0 Å². The monoisotopic (exact) mass is 658 g/mol. The molecule has 0 saturated carbocycles. The topological polar surface area (TPSA) is 148 Å². The zero-order valence-corrected chi connectivity index (χ0v) is 26.8. The number of rotatable bonds is 17. The molecule has 13 heteroatoms. The van der Waals surface area contributed by atoms with E-state index in [2.05, 4.69) is 20.6 Å². The highest BCUT2D eigenvalue weighted by atomic mass is 35.5. The van der Waals surface area contributed by atoms with Crippen LogP contribution in [0.3, 0.4) is 0 Å². The maximum atomic E-state index is 14.1. The normalized spacial score (nSPS) is 12.3. The maximum absolute atomic E-state index is 14.1. The van der Waals surface area contributed by atoms with Crippen molar-refractivity contribution in [2.45, 2.75) is 57.9 Å². The van der Waals surface area contributed by atoms with Crippen LogP contribution in [0.4, 0.5) is 4.39 Å². The number of aromatic nitrogens is 2. The summed E-state index contributed by atoms with van der Waals surface area (Å²) in [6.45, 7) is 5.66. The first-order chi connectivity index (χ1) is 21.5. The SMILES string of the molecule is CCOc1ccc(Cc2ncccn2)cc1CC(=O)N[C@H](C(=O)N[C@@H](CC(=O)O)C(=O)CSCc1c(F)cccc1Cl)C(C)C. The molecule has 0 saturated heterocycles. The van der Waals surface area contributed by atoms with Crippen LogP contribution < -0.4 is 15.4 Å². The van der Waals surface area contributed by atoms with Gasteiger partial charge in [-0.15, -0.1) is 11.8 Å². The number of carboxylic acids is 1. The van der Waals surface area contributed by atoms with E-state index in [1.807, 2.05) is 19.1 Å². The van der Waals surface area contributed by atoms with Crippen LogP contribution in [-0.4, -0.2) is 63.1 Å². The van der Waals surface area contributed by atoms with Gasteiger partial charge in [0.15, 0.2) is 5.78 Å². The lowest BCUT2D eigenvalue weighted by molar-refractivity contribution is -0.140. The van der Waals surface area contributed by atoms with Gasteiger partial charge in [0.05, 0.1) is 31.2 Å². The van der Waals surface area contributed by atoms with Crippen molar-refractivity contribution >= 4 is 46.9 Å². The van der Waals surface area contributed by atoms with Crippen molar-refractivity contribution in [2.24, 2.45) is 5.92 Å². The summed E-state index contributed by atoms with van der Waals surface area (Å²) < 4.78 is 19.8. The molecule has 240 valence electrons. The fraction of sp³-hybridized carbons (Fsp3) is 0.375. The number of aliphatic carboxylic acids is 1. The Morgan fingerprint density at radius 2 is 1.80 bits per heavy atom. The van der Waals surface area contributed by atoms with Gasteiger partial charge in [-0.2, -0.15) is 0 Å². The Hall–Kier alpha value is -4.03. The largest absolute Gasteiger partial charge is 0.494 e. The highest BCUT2D eigenvalue weighted by Crippen LogP contribution is 2.25. The van der Waals surface area contributed by atoms with E-state index in [0.717, 1.165) is 17.3 Å². The molecule has 1 aromatic heterocycles. The first-order valence-electron chi connectivity index (χ1n) is 14.3. The van der Waals surface area contributed by atoms with Crippen molar-refractivity contribution in [3.63, 3.8) is 0 Å². The van der Waals surface area contributed by atoms with Gasteiger partial charge in [-0.25, -0.2) is 14.4 Å². The Balaban J connectivity index is 1.67. The van der Waals surface area contributed by atoms with Crippen LogP contribution in [0.25, 0.3) is 0 Å². The Morgan fingerprint density at radius 3 is 2.44 bits per heavy atom. The predicted molar refractivity (Wildman–Crippen MR) is 170 cm³/mol. The number of nitrogens with one attached hydrogen (secondary N) is 2. The third kappa shape index (κ3) is 11.1. The first kappa shape index (κ1) is 35.4. The highest BCUT2D eigenvalue weighted by Gasteiger charge is 2.30. The number of carbonyl (C=O) groups is 4. The fourth-order valence-corrected chi connectivity index (χ4v) is 5.73. The number of hydrogen-bond donors (Lipinski definition) is 3. The van der Waals surface area contributed by atoms with Gasteiger partial charge < -0.3 is 20.5 Å². The Kier molecular flexibility index (Phi) is 13.8. The van der Waals surface area contributed by atoms with Crippen molar-refractivity contribution in [2.75, 3.05) is 12.4 Å². The first-order valence-corrected chi connectivity index (χ1v) is 15.9. The molecule has 0 aliphatic heterocycles. The number of carboxylic acid groups (broad SMARTS) is 1. The van der Waals surface area contributed by atoms with Gasteiger partial charge in [-0.1, -0.05) is 43.6 Å². The summed E-state index contributed by atoms with van der Waals surface area (Å²) in [5, 5.41) is 14.8. The molecule has 2 amide bonds. The van der Waals surface area contributed by atoms with Gasteiger partial charge in [0.25, 0.3) is 0 Å². The van der Waals surface area contributed by atoms with E-state index in [-0.39, 0.29) is 34.4 Å². The molecule has 2 aromatic carbocycles. The summed E-state index contributed by atoms with van der Waals surface area (Å²) in [5.74, 6) is -2.87. The molecule has 0 radical (unpaired) electrons. The smallest absolute Gasteiger partial charge is 0.305 e. The van der Waals surface area contributed by atoms with E-state index < -0.39 is 47.9 Å². The van der Waals surface area contributed by atoms with Crippen molar-refractivity contribution in [3.05, 3.63) is 88.2 Å². The molecule has 3 N–H and O–H groups in total. The third-order valence-electron chi connectivity index (χ3n) is 6.66. The van der Waals surface area contributed by atoms with Gasteiger partial charge in [0, 0.05) is 40.7 Å². The summed E-state index contributed by atoms with van der Waals surface area (Å²) >= 11 is 7.10. The van der Waals surface area contributed by atoms with Crippen LogP contribution in [0.2, 0.25) is 5.02 Å². The van der Waals surface area contributed by atoms with E-state index in [1.165, 1.54) is 18.2 Å².